The van der Waals surface area contributed by atoms with Crippen LogP contribution in [0.15, 0.2) is 66.7 Å². The Hall–Kier alpha value is -3.64. The van der Waals surface area contributed by atoms with Crippen LogP contribution in [0.3, 0.4) is 0 Å². The monoisotopic (exact) mass is 419 g/mol. The molecule has 0 aliphatic heterocycles. The van der Waals surface area contributed by atoms with Crippen LogP contribution in [0.1, 0.15) is 15.9 Å². The van der Waals surface area contributed by atoms with Gasteiger partial charge in [0.2, 0.25) is 5.95 Å². The first-order chi connectivity index (χ1) is 14.5. The zero-order valence-electron chi connectivity index (χ0n) is 16.1. The van der Waals surface area contributed by atoms with Crippen LogP contribution >= 0.6 is 11.6 Å². The topological polar surface area (TPSA) is 87.3 Å². The first-order valence-corrected chi connectivity index (χ1v) is 9.54. The largest absolute Gasteiger partial charge is 0.489 e. The van der Waals surface area contributed by atoms with E-state index >= 15 is 0 Å². The molecule has 7 heteroatoms. The number of fused-ring (bicyclic) bond motifs is 1. The number of hydrogen-bond acceptors (Lipinski definition) is 6. The summed E-state index contributed by atoms with van der Waals surface area (Å²) in [5, 5.41) is 1.41. The summed E-state index contributed by atoms with van der Waals surface area (Å²) in [5.74, 6) is 0.500. The molecular formula is C23H18ClN3O3. The van der Waals surface area contributed by atoms with Crippen LogP contribution in [0.25, 0.3) is 22.2 Å². The number of benzene rings is 3. The van der Waals surface area contributed by atoms with Crippen molar-refractivity contribution in [2.75, 3.05) is 12.8 Å². The highest BCUT2D eigenvalue weighted by molar-refractivity contribution is 6.31. The Balaban J connectivity index is 1.59. The van der Waals surface area contributed by atoms with Gasteiger partial charge in [-0.1, -0.05) is 35.9 Å². The Morgan fingerprint density at radius 2 is 1.83 bits per heavy atom. The minimum absolute atomic E-state index is 0.192. The zero-order chi connectivity index (χ0) is 21.1. The van der Waals surface area contributed by atoms with E-state index in [1.54, 1.807) is 18.2 Å². The number of carbonyl (C=O) groups is 1. The molecule has 4 rings (SSSR count). The molecule has 1 heterocycles. The molecule has 2 N–H and O–H groups in total. The predicted molar refractivity (Wildman–Crippen MR) is 117 cm³/mol. The van der Waals surface area contributed by atoms with E-state index in [0.29, 0.717) is 28.6 Å². The molecule has 0 atom stereocenters. The second-order valence-electron chi connectivity index (χ2n) is 6.60. The molecule has 0 amide bonds. The Bertz CT molecular complexity index is 1230. The van der Waals surface area contributed by atoms with E-state index in [-0.39, 0.29) is 11.9 Å². The molecule has 0 bridgehead atoms. The maximum atomic E-state index is 11.5. The number of esters is 1. The van der Waals surface area contributed by atoms with Gasteiger partial charge in [-0.05, 0) is 48.0 Å². The molecule has 0 saturated carbocycles. The van der Waals surface area contributed by atoms with Crippen molar-refractivity contribution < 1.29 is 14.3 Å². The van der Waals surface area contributed by atoms with Crippen molar-refractivity contribution in [1.29, 1.82) is 0 Å². The smallest absolute Gasteiger partial charge is 0.337 e. The molecule has 0 radical (unpaired) electrons. The van der Waals surface area contributed by atoms with Gasteiger partial charge < -0.3 is 15.2 Å². The highest BCUT2D eigenvalue weighted by Gasteiger charge is 2.11. The highest BCUT2D eigenvalue weighted by atomic mass is 35.5. The van der Waals surface area contributed by atoms with Crippen molar-refractivity contribution in [3.05, 3.63) is 82.9 Å². The maximum Gasteiger partial charge on any atom is 0.337 e. The molecular weight excluding hydrogens is 402 g/mol. The highest BCUT2D eigenvalue weighted by Crippen LogP contribution is 2.31. The number of nitrogens with zero attached hydrogens (tertiary/aromatic N) is 2. The second kappa shape index (κ2) is 8.39. The van der Waals surface area contributed by atoms with Gasteiger partial charge >= 0.3 is 5.97 Å². The van der Waals surface area contributed by atoms with Crippen LogP contribution in [0, 0.1) is 0 Å². The summed E-state index contributed by atoms with van der Waals surface area (Å²) in [6.07, 6.45) is 0. The van der Waals surface area contributed by atoms with Gasteiger partial charge in [0, 0.05) is 16.0 Å². The summed E-state index contributed by atoms with van der Waals surface area (Å²) in [4.78, 5) is 20.2. The maximum absolute atomic E-state index is 11.5. The fourth-order valence-corrected chi connectivity index (χ4v) is 3.27. The molecule has 0 aliphatic rings. The number of nitrogens with two attached hydrogens (primary N) is 1. The third kappa shape index (κ3) is 4.18. The van der Waals surface area contributed by atoms with Crippen LogP contribution in [0.5, 0.6) is 5.75 Å². The minimum atomic E-state index is -0.369. The minimum Gasteiger partial charge on any atom is -0.489 e. The van der Waals surface area contributed by atoms with Gasteiger partial charge in [-0.2, -0.15) is 0 Å². The molecule has 150 valence electrons. The van der Waals surface area contributed by atoms with E-state index in [4.69, 9.17) is 26.8 Å². The fourth-order valence-electron chi connectivity index (χ4n) is 3.09. The number of rotatable bonds is 5. The lowest BCUT2D eigenvalue weighted by Crippen LogP contribution is -2.02. The number of carbonyl (C=O) groups excluding carboxylic acids is 1. The van der Waals surface area contributed by atoms with Crippen molar-refractivity contribution >= 4 is 34.4 Å². The van der Waals surface area contributed by atoms with Gasteiger partial charge in [0.1, 0.15) is 12.4 Å². The SMILES string of the molecule is COC(=O)c1ccc(COc2cccc(-c3nc(N)nc4ccc(Cl)cc34)c2)cc1. The number of methoxy groups -OCH3 is 1. The Morgan fingerprint density at radius 1 is 1.03 bits per heavy atom. The average Bonchev–Trinajstić information content (AvgIpc) is 2.77. The average molecular weight is 420 g/mol. The van der Waals surface area contributed by atoms with Gasteiger partial charge in [0.05, 0.1) is 23.9 Å². The quantitative estimate of drug-likeness (QED) is 0.463. The third-order valence-corrected chi connectivity index (χ3v) is 4.80. The van der Waals surface area contributed by atoms with E-state index in [2.05, 4.69) is 9.97 Å². The first-order valence-electron chi connectivity index (χ1n) is 9.17. The molecule has 0 fully saturated rings. The number of nitrogen functional groups attached to an aromatic ring is 1. The van der Waals surface area contributed by atoms with E-state index < -0.39 is 0 Å². The number of hydrogen-bond donors (Lipinski definition) is 1. The van der Waals surface area contributed by atoms with Crippen LogP contribution in [0.2, 0.25) is 5.02 Å². The number of ether oxygens (including phenoxy) is 2. The van der Waals surface area contributed by atoms with Crippen LogP contribution in [-0.2, 0) is 11.3 Å². The van der Waals surface area contributed by atoms with Gasteiger partial charge in [0.15, 0.2) is 0 Å². The lowest BCUT2D eigenvalue weighted by Gasteiger charge is -2.11. The van der Waals surface area contributed by atoms with Crippen molar-refractivity contribution in [2.45, 2.75) is 6.61 Å². The standard InChI is InChI=1S/C23H18ClN3O3/c1-29-22(28)15-7-5-14(6-8-15)13-30-18-4-2-3-16(11-18)21-19-12-17(24)9-10-20(19)26-23(25)27-21/h2-12H,13H2,1H3,(H2,25,26,27). The van der Waals surface area contributed by atoms with Crippen LogP contribution < -0.4 is 10.5 Å². The molecule has 3 aromatic carbocycles. The van der Waals surface area contributed by atoms with Gasteiger partial charge in [-0.15, -0.1) is 0 Å². The lowest BCUT2D eigenvalue weighted by molar-refractivity contribution is 0.0600. The number of aromatic nitrogens is 2. The third-order valence-electron chi connectivity index (χ3n) is 4.56. The molecule has 30 heavy (non-hydrogen) atoms. The summed E-state index contributed by atoms with van der Waals surface area (Å²) in [6.45, 7) is 0.351. The zero-order valence-corrected chi connectivity index (χ0v) is 16.9. The Labute approximate surface area is 178 Å². The molecule has 4 aromatic rings. The lowest BCUT2D eigenvalue weighted by atomic mass is 10.1. The van der Waals surface area contributed by atoms with Crippen LogP contribution in [0.4, 0.5) is 5.95 Å². The van der Waals surface area contributed by atoms with Crippen molar-refractivity contribution in [3.63, 3.8) is 0 Å². The van der Waals surface area contributed by atoms with Gasteiger partial charge in [0.25, 0.3) is 0 Å². The van der Waals surface area contributed by atoms with Crippen molar-refractivity contribution in [3.8, 4) is 17.0 Å². The summed E-state index contributed by atoms with van der Waals surface area (Å²) in [6, 6.07) is 20.1. The summed E-state index contributed by atoms with van der Waals surface area (Å²) < 4.78 is 10.6. The molecule has 0 aliphatic carbocycles. The summed E-state index contributed by atoms with van der Waals surface area (Å²) in [5.41, 5.74) is 9.57. The second-order valence-corrected chi connectivity index (χ2v) is 7.03. The molecule has 1 aromatic heterocycles. The van der Waals surface area contributed by atoms with E-state index in [0.717, 1.165) is 22.0 Å². The van der Waals surface area contributed by atoms with Crippen molar-refractivity contribution in [2.24, 2.45) is 0 Å². The van der Waals surface area contributed by atoms with Gasteiger partial charge in [-0.3, -0.25) is 0 Å². The van der Waals surface area contributed by atoms with E-state index in [1.807, 2.05) is 48.5 Å². The van der Waals surface area contributed by atoms with Crippen LogP contribution in [-0.4, -0.2) is 23.0 Å². The molecule has 0 spiro atoms. The summed E-state index contributed by atoms with van der Waals surface area (Å²) >= 11 is 6.17. The number of anilines is 1. The van der Waals surface area contributed by atoms with E-state index in [1.165, 1.54) is 7.11 Å². The molecule has 6 nitrogen and oxygen atoms in total. The van der Waals surface area contributed by atoms with Gasteiger partial charge in [-0.25, -0.2) is 14.8 Å². The first kappa shape index (κ1) is 19.7. The fraction of sp³-hybridized carbons (Fsp3) is 0.0870. The summed E-state index contributed by atoms with van der Waals surface area (Å²) in [7, 11) is 1.36. The number of halogens is 1. The van der Waals surface area contributed by atoms with Crippen molar-refractivity contribution in [1.82, 2.24) is 9.97 Å². The Morgan fingerprint density at radius 3 is 2.60 bits per heavy atom. The molecule has 0 saturated heterocycles. The predicted octanol–water partition coefficient (Wildman–Crippen LogP) is 4.90. The molecule has 0 unspecified atom stereocenters. The van der Waals surface area contributed by atoms with E-state index in [9.17, 15) is 4.79 Å². The normalized spacial score (nSPS) is 10.7. The Kier molecular flexibility index (Phi) is 5.50.